The highest BCUT2D eigenvalue weighted by Gasteiger charge is 2.18. The van der Waals surface area contributed by atoms with Gasteiger partial charge in [0, 0.05) is 17.6 Å². The summed E-state index contributed by atoms with van der Waals surface area (Å²) in [5, 5.41) is 2.46. The molecule has 0 radical (unpaired) electrons. The minimum Gasteiger partial charge on any atom is -0.444 e. The van der Waals surface area contributed by atoms with Crippen LogP contribution in [0.1, 0.15) is 20.8 Å². The fourth-order valence-electron chi connectivity index (χ4n) is 1.48. The zero-order chi connectivity index (χ0) is 17.0. The van der Waals surface area contributed by atoms with Gasteiger partial charge in [-0.1, -0.05) is 15.9 Å². The van der Waals surface area contributed by atoms with E-state index in [0.29, 0.717) is 4.47 Å². The summed E-state index contributed by atoms with van der Waals surface area (Å²) in [6.45, 7) is 5.34. The molecule has 0 fully saturated rings. The van der Waals surface area contributed by atoms with Gasteiger partial charge in [0.1, 0.15) is 10.5 Å². The number of amides is 1. The number of sulfonamides is 1. The minimum absolute atomic E-state index is 0.0147. The normalized spacial score (nSPS) is 12.0. The number of carbonyl (C=O) groups excluding carboxylic acids is 1. The first-order chi connectivity index (χ1) is 10.0. The Balaban J connectivity index is 2.54. The maximum Gasteiger partial charge on any atom is 0.407 e. The number of anilines is 1. The Kier molecular flexibility index (Phi) is 6.21. The largest absolute Gasteiger partial charge is 0.444 e. The number of alkyl carbamates (subject to hydrolysis) is 1. The van der Waals surface area contributed by atoms with Crippen molar-refractivity contribution in [1.82, 2.24) is 10.0 Å². The first-order valence-electron chi connectivity index (χ1n) is 6.53. The number of nitrogens with one attached hydrogen (secondary N) is 2. The molecule has 0 heterocycles. The topological polar surface area (TPSA) is 111 Å². The number of ether oxygens (including phenoxy) is 1. The highest BCUT2D eigenvalue weighted by atomic mass is 79.9. The van der Waals surface area contributed by atoms with Crippen molar-refractivity contribution in [3.8, 4) is 0 Å². The second-order valence-corrected chi connectivity index (χ2v) is 8.16. The van der Waals surface area contributed by atoms with Crippen molar-refractivity contribution in [2.75, 3.05) is 18.8 Å². The number of hydrogen-bond acceptors (Lipinski definition) is 5. The van der Waals surface area contributed by atoms with Crippen LogP contribution in [0.5, 0.6) is 0 Å². The zero-order valence-corrected chi connectivity index (χ0v) is 15.0. The van der Waals surface area contributed by atoms with E-state index in [2.05, 4.69) is 26.0 Å². The van der Waals surface area contributed by atoms with Crippen LogP contribution in [0.3, 0.4) is 0 Å². The lowest BCUT2D eigenvalue weighted by Crippen LogP contribution is -2.38. The Labute approximate surface area is 138 Å². The summed E-state index contributed by atoms with van der Waals surface area (Å²) in [5.41, 5.74) is 5.21. The van der Waals surface area contributed by atoms with E-state index in [9.17, 15) is 13.2 Å². The number of carbonyl (C=O) groups is 1. The molecular weight excluding hydrogens is 374 g/mol. The Morgan fingerprint density at radius 2 is 1.95 bits per heavy atom. The fraction of sp³-hybridized carbons (Fsp3) is 0.462. The molecule has 0 bridgehead atoms. The van der Waals surface area contributed by atoms with E-state index in [-0.39, 0.29) is 23.7 Å². The van der Waals surface area contributed by atoms with Crippen molar-refractivity contribution in [2.24, 2.45) is 0 Å². The lowest BCUT2D eigenvalue weighted by molar-refractivity contribution is 0.0529. The summed E-state index contributed by atoms with van der Waals surface area (Å²) < 4.78 is 32.2. The van der Waals surface area contributed by atoms with Gasteiger partial charge in [-0.15, -0.1) is 0 Å². The third kappa shape index (κ3) is 6.20. The predicted octanol–water partition coefficient (Wildman–Crippen LogP) is 1.83. The number of rotatable bonds is 5. The summed E-state index contributed by atoms with van der Waals surface area (Å²) in [5.74, 6) is 0. The highest BCUT2D eigenvalue weighted by molar-refractivity contribution is 9.10. The molecule has 0 aromatic heterocycles. The predicted molar refractivity (Wildman–Crippen MR) is 88.0 cm³/mol. The number of nitrogens with two attached hydrogens (primary N) is 1. The molecule has 7 nitrogen and oxygen atoms in total. The lowest BCUT2D eigenvalue weighted by Gasteiger charge is -2.19. The van der Waals surface area contributed by atoms with Crippen LogP contribution in [0.25, 0.3) is 0 Å². The number of hydrogen-bond donors (Lipinski definition) is 3. The minimum atomic E-state index is -3.74. The summed E-state index contributed by atoms with van der Waals surface area (Å²) in [6.07, 6.45) is -0.603. The molecule has 22 heavy (non-hydrogen) atoms. The molecule has 124 valence electrons. The molecule has 0 saturated carbocycles. The average molecular weight is 394 g/mol. The first-order valence-corrected chi connectivity index (χ1v) is 8.80. The quantitative estimate of drug-likeness (QED) is 0.521. The SMILES string of the molecule is CC(C)(C)OC(=O)NCCNS(=O)(=O)c1cc(Br)ccc1N. The third-order valence-electron chi connectivity index (χ3n) is 2.35. The van der Waals surface area contributed by atoms with Gasteiger partial charge in [0.15, 0.2) is 0 Å². The Morgan fingerprint density at radius 3 is 2.55 bits per heavy atom. The second kappa shape index (κ2) is 7.30. The van der Waals surface area contributed by atoms with Crippen molar-refractivity contribution in [1.29, 1.82) is 0 Å². The van der Waals surface area contributed by atoms with Gasteiger partial charge in [-0.05, 0) is 39.0 Å². The Hall–Kier alpha value is -1.32. The molecule has 0 aliphatic heterocycles. The summed E-state index contributed by atoms with van der Waals surface area (Å²) in [7, 11) is -3.74. The molecule has 0 unspecified atom stereocenters. The molecule has 0 atom stereocenters. The van der Waals surface area contributed by atoms with Gasteiger partial charge >= 0.3 is 6.09 Å². The van der Waals surface area contributed by atoms with Crippen LogP contribution in [-0.2, 0) is 14.8 Å². The van der Waals surface area contributed by atoms with E-state index >= 15 is 0 Å². The molecule has 9 heteroatoms. The molecule has 0 saturated heterocycles. The lowest BCUT2D eigenvalue weighted by atomic mass is 10.2. The molecule has 4 N–H and O–H groups in total. The number of benzene rings is 1. The second-order valence-electron chi connectivity index (χ2n) is 5.51. The van der Waals surface area contributed by atoms with E-state index in [1.54, 1.807) is 26.8 Å². The van der Waals surface area contributed by atoms with E-state index in [4.69, 9.17) is 10.5 Å². The standard InChI is InChI=1S/C13H20BrN3O4S/c1-13(2,3)21-12(18)16-6-7-17-22(19,20)11-8-9(14)4-5-10(11)15/h4-5,8,17H,6-7,15H2,1-3H3,(H,16,18). The molecule has 1 aromatic rings. The van der Waals surface area contributed by atoms with Crippen molar-refractivity contribution in [3.63, 3.8) is 0 Å². The van der Waals surface area contributed by atoms with Crippen molar-refractivity contribution in [2.45, 2.75) is 31.3 Å². The van der Waals surface area contributed by atoms with E-state index in [1.807, 2.05) is 0 Å². The number of nitrogen functional groups attached to an aromatic ring is 1. The van der Waals surface area contributed by atoms with Crippen LogP contribution < -0.4 is 15.8 Å². The van der Waals surface area contributed by atoms with Crippen LogP contribution in [0.2, 0.25) is 0 Å². The van der Waals surface area contributed by atoms with Crippen molar-refractivity contribution >= 4 is 37.7 Å². The van der Waals surface area contributed by atoms with Crippen molar-refractivity contribution < 1.29 is 17.9 Å². The van der Waals surface area contributed by atoms with Crippen LogP contribution in [0.4, 0.5) is 10.5 Å². The zero-order valence-electron chi connectivity index (χ0n) is 12.6. The molecule has 1 amide bonds. The van der Waals surface area contributed by atoms with E-state index in [1.165, 1.54) is 12.1 Å². The van der Waals surface area contributed by atoms with Gasteiger partial charge in [-0.3, -0.25) is 0 Å². The molecular formula is C13H20BrN3O4S. The van der Waals surface area contributed by atoms with Gasteiger partial charge in [0.25, 0.3) is 0 Å². The maximum absolute atomic E-state index is 12.1. The van der Waals surface area contributed by atoms with Gasteiger partial charge in [-0.25, -0.2) is 17.9 Å². The molecule has 0 aliphatic carbocycles. The van der Waals surface area contributed by atoms with Gasteiger partial charge in [-0.2, -0.15) is 0 Å². The van der Waals surface area contributed by atoms with Crippen molar-refractivity contribution in [3.05, 3.63) is 22.7 Å². The van der Waals surface area contributed by atoms with Gasteiger partial charge in [0.2, 0.25) is 10.0 Å². The van der Waals surface area contributed by atoms with Gasteiger partial charge in [0.05, 0.1) is 5.69 Å². The van der Waals surface area contributed by atoms with E-state index < -0.39 is 21.7 Å². The summed E-state index contributed by atoms with van der Waals surface area (Å²) >= 11 is 3.20. The summed E-state index contributed by atoms with van der Waals surface area (Å²) in [6, 6.07) is 4.56. The third-order valence-corrected chi connectivity index (χ3v) is 4.36. The van der Waals surface area contributed by atoms with Gasteiger partial charge < -0.3 is 15.8 Å². The van der Waals surface area contributed by atoms with E-state index in [0.717, 1.165) is 0 Å². The highest BCUT2D eigenvalue weighted by Crippen LogP contribution is 2.22. The Bertz CT molecular complexity index is 641. The molecule has 0 aliphatic rings. The summed E-state index contributed by atoms with van der Waals surface area (Å²) in [4.78, 5) is 11.4. The smallest absolute Gasteiger partial charge is 0.407 e. The van der Waals surface area contributed by atoms with Crippen LogP contribution in [0, 0.1) is 0 Å². The maximum atomic E-state index is 12.1. The molecule has 1 aromatic carbocycles. The monoisotopic (exact) mass is 393 g/mol. The van der Waals surface area contributed by atoms with Crippen LogP contribution >= 0.6 is 15.9 Å². The molecule has 0 spiro atoms. The average Bonchev–Trinajstić information content (AvgIpc) is 2.35. The Morgan fingerprint density at radius 1 is 1.32 bits per heavy atom. The number of halogens is 1. The first kappa shape index (κ1) is 18.7. The van der Waals surface area contributed by atoms with Crippen LogP contribution in [0.15, 0.2) is 27.6 Å². The fourth-order valence-corrected chi connectivity index (χ4v) is 3.18. The van der Waals surface area contributed by atoms with Crippen LogP contribution in [-0.4, -0.2) is 33.2 Å². The molecule has 1 rings (SSSR count).